The highest BCUT2D eigenvalue weighted by atomic mass is 79.9. The minimum absolute atomic E-state index is 0.0230. The van der Waals surface area contributed by atoms with Crippen molar-refractivity contribution < 1.29 is 19.1 Å². The number of hydrogen-bond donors (Lipinski definition) is 1. The Labute approximate surface area is 202 Å². The molecule has 1 N–H and O–H groups in total. The Morgan fingerprint density at radius 1 is 1.18 bits per heavy atom. The number of amides is 1. The van der Waals surface area contributed by atoms with Gasteiger partial charge in [-0.25, -0.2) is 4.98 Å². The summed E-state index contributed by atoms with van der Waals surface area (Å²) >= 11 is 4.78. The van der Waals surface area contributed by atoms with Gasteiger partial charge in [0.05, 0.1) is 21.8 Å². The van der Waals surface area contributed by atoms with E-state index in [9.17, 15) is 14.7 Å². The first-order valence-electron chi connectivity index (χ1n) is 10.4. The molecule has 8 heteroatoms. The van der Waals surface area contributed by atoms with E-state index in [1.807, 2.05) is 36.4 Å². The Kier molecular flexibility index (Phi) is 5.42. The van der Waals surface area contributed by atoms with Crippen LogP contribution in [0.3, 0.4) is 0 Å². The maximum Gasteiger partial charge on any atom is 0.296 e. The number of fused-ring (bicyclic) bond motifs is 1. The second-order valence-electron chi connectivity index (χ2n) is 7.78. The second-order valence-corrected chi connectivity index (χ2v) is 9.71. The normalized spacial score (nSPS) is 16.3. The standard InChI is InChI=1S/C25H19BrN2O4S/c1-3-14-5-10-17-19(12-14)33-25(27-17)28-21(15-6-8-16(26)9-7-15)20(23(30)24(28)31)22(29)18-11-4-13(2)32-18/h4-12,21,30H,3H2,1-2H3. The lowest BCUT2D eigenvalue weighted by atomic mass is 9.95. The molecule has 0 radical (unpaired) electrons. The first-order chi connectivity index (χ1) is 15.9. The maximum atomic E-state index is 13.4. The molecule has 0 aliphatic carbocycles. The van der Waals surface area contributed by atoms with E-state index in [1.54, 1.807) is 19.1 Å². The molecule has 0 spiro atoms. The quantitative estimate of drug-likeness (QED) is 0.310. The van der Waals surface area contributed by atoms with Gasteiger partial charge in [0, 0.05) is 4.47 Å². The number of halogens is 1. The van der Waals surface area contributed by atoms with Gasteiger partial charge in [0.2, 0.25) is 5.78 Å². The van der Waals surface area contributed by atoms with E-state index in [0.29, 0.717) is 16.5 Å². The molecule has 6 nitrogen and oxygen atoms in total. The number of nitrogens with zero attached hydrogens (tertiary/aromatic N) is 2. The van der Waals surface area contributed by atoms with Crippen LogP contribution in [-0.2, 0) is 11.2 Å². The third-order valence-corrected chi connectivity index (χ3v) is 7.20. The van der Waals surface area contributed by atoms with E-state index < -0.39 is 23.5 Å². The van der Waals surface area contributed by atoms with Crippen LogP contribution in [0.1, 0.15) is 40.4 Å². The zero-order chi connectivity index (χ0) is 23.3. The molecular formula is C25H19BrN2O4S. The molecule has 0 saturated heterocycles. The summed E-state index contributed by atoms with van der Waals surface area (Å²) in [4.78, 5) is 32.7. The van der Waals surface area contributed by atoms with Gasteiger partial charge >= 0.3 is 0 Å². The molecule has 1 unspecified atom stereocenters. The van der Waals surface area contributed by atoms with Crippen LogP contribution in [0.2, 0.25) is 0 Å². The number of aryl methyl sites for hydroxylation is 2. The first kappa shape index (κ1) is 21.6. The SMILES string of the molecule is CCc1ccc2nc(N3C(=O)C(O)=C(C(=O)c4ccc(C)o4)C3c3ccc(Br)cc3)sc2c1. The number of anilines is 1. The number of thiazole rings is 1. The second kappa shape index (κ2) is 8.28. The van der Waals surface area contributed by atoms with Crippen molar-refractivity contribution in [3.8, 4) is 0 Å². The zero-order valence-electron chi connectivity index (χ0n) is 17.8. The highest BCUT2D eigenvalue weighted by molar-refractivity contribution is 9.10. The van der Waals surface area contributed by atoms with Gasteiger partial charge in [0.25, 0.3) is 5.91 Å². The van der Waals surface area contributed by atoms with E-state index in [2.05, 4.69) is 33.9 Å². The molecule has 0 saturated carbocycles. The number of Topliss-reactive ketones (excluding diaryl/α,β-unsaturated/α-hetero) is 1. The highest BCUT2D eigenvalue weighted by Crippen LogP contribution is 2.44. The Morgan fingerprint density at radius 3 is 2.61 bits per heavy atom. The Bertz CT molecular complexity index is 1430. The monoisotopic (exact) mass is 522 g/mol. The van der Waals surface area contributed by atoms with Gasteiger partial charge in [-0.3, -0.25) is 14.5 Å². The minimum atomic E-state index is -0.838. The molecule has 0 fully saturated rings. The largest absolute Gasteiger partial charge is 0.503 e. The van der Waals surface area contributed by atoms with Crippen molar-refractivity contribution in [2.24, 2.45) is 0 Å². The summed E-state index contributed by atoms with van der Waals surface area (Å²) in [7, 11) is 0. The van der Waals surface area contributed by atoms with E-state index in [-0.39, 0.29) is 11.3 Å². The lowest BCUT2D eigenvalue weighted by Crippen LogP contribution is -2.30. The molecule has 1 aliphatic rings. The number of aliphatic hydroxyl groups excluding tert-OH is 1. The summed E-state index contributed by atoms with van der Waals surface area (Å²) in [6.45, 7) is 3.81. The number of carbonyl (C=O) groups is 2. The summed E-state index contributed by atoms with van der Waals surface area (Å²) in [6.07, 6.45) is 0.886. The van der Waals surface area contributed by atoms with Crippen LogP contribution in [0.15, 0.2) is 74.8 Å². The fraction of sp³-hybridized carbons (Fsp3) is 0.160. The van der Waals surface area contributed by atoms with Gasteiger partial charge in [-0.2, -0.15) is 0 Å². The molecule has 1 atom stereocenters. The van der Waals surface area contributed by atoms with Crippen molar-refractivity contribution in [1.29, 1.82) is 0 Å². The van der Waals surface area contributed by atoms with E-state index in [4.69, 9.17) is 4.42 Å². The molecule has 166 valence electrons. The summed E-state index contributed by atoms with van der Waals surface area (Å²) in [5.41, 5.74) is 2.58. The van der Waals surface area contributed by atoms with Gasteiger partial charge in [0.1, 0.15) is 5.76 Å². The number of aliphatic hydroxyl groups is 1. The summed E-state index contributed by atoms with van der Waals surface area (Å²) in [6, 6.07) is 15.7. The Hall–Kier alpha value is -3.23. The third kappa shape index (κ3) is 3.69. The van der Waals surface area contributed by atoms with E-state index in [1.165, 1.54) is 21.8 Å². The number of rotatable bonds is 5. The number of benzene rings is 2. The fourth-order valence-corrected chi connectivity index (χ4v) is 5.28. The molecule has 5 rings (SSSR count). The third-order valence-electron chi connectivity index (χ3n) is 5.66. The summed E-state index contributed by atoms with van der Waals surface area (Å²) < 4.78 is 7.31. The van der Waals surface area contributed by atoms with Crippen molar-refractivity contribution in [2.45, 2.75) is 26.3 Å². The molecule has 2 aromatic carbocycles. The van der Waals surface area contributed by atoms with Crippen LogP contribution < -0.4 is 4.90 Å². The number of carbonyl (C=O) groups excluding carboxylic acids is 2. The Balaban J connectivity index is 1.66. The van der Waals surface area contributed by atoms with Gasteiger partial charge < -0.3 is 9.52 Å². The smallest absolute Gasteiger partial charge is 0.296 e. The number of aromatic nitrogens is 1. The van der Waals surface area contributed by atoms with Crippen LogP contribution in [0.25, 0.3) is 10.2 Å². The van der Waals surface area contributed by atoms with E-state index >= 15 is 0 Å². The fourth-order valence-electron chi connectivity index (χ4n) is 3.96. The van der Waals surface area contributed by atoms with Crippen LogP contribution in [-0.4, -0.2) is 21.8 Å². The molecule has 0 bridgehead atoms. The summed E-state index contributed by atoms with van der Waals surface area (Å²) in [5.74, 6) is -1.14. The molecule has 3 heterocycles. The Morgan fingerprint density at radius 2 is 1.94 bits per heavy atom. The zero-order valence-corrected chi connectivity index (χ0v) is 20.2. The van der Waals surface area contributed by atoms with Gasteiger partial charge in [-0.1, -0.05) is 52.4 Å². The molecule has 1 aliphatic heterocycles. The van der Waals surface area contributed by atoms with Gasteiger partial charge in [-0.15, -0.1) is 0 Å². The molecule has 4 aromatic rings. The van der Waals surface area contributed by atoms with Gasteiger partial charge in [-0.05, 0) is 60.9 Å². The molecule has 2 aromatic heterocycles. The van der Waals surface area contributed by atoms with Crippen LogP contribution >= 0.6 is 27.3 Å². The predicted octanol–water partition coefficient (Wildman–Crippen LogP) is 6.31. The molecule has 1 amide bonds. The average molecular weight is 523 g/mol. The van der Waals surface area contributed by atoms with Crippen molar-refractivity contribution >= 4 is 54.3 Å². The topological polar surface area (TPSA) is 83.6 Å². The van der Waals surface area contributed by atoms with Crippen LogP contribution in [0.4, 0.5) is 5.13 Å². The lowest BCUT2D eigenvalue weighted by Gasteiger charge is -2.24. The lowest BCUT2D eigenvalue weighted by molar-refractivity contribution is -0.117. The van der Waals surface area contributed by atoms with Crippen molar-refractivity contribution in [2.75, 3.05) is 4.90 Å². The first-order valence-corrected chi connectivity index (χ1v) is 12.0. The highest BCUT2D eigenvalue weighted by Gasteiger charge is 2.46. The molecule has 33 heavy (non-hydrogen) atoms. The van der Waals surface area contributed by atoms with Crippen LogP contribution in [0, 0.1) is 6.92 Å². The number of ketones is 1. The number of furan rings is 1. The maximum absolute atomic E-state index is 13.4. The minimum Gasteiger partial charge on any atom is -0.503 e. The van der Waals surface area contributed by atoms with Crippen molar-refractivity contribution in [3.05, 3.63) is 93.0 Å². The van der Waals surface area contributed by atoms with Gasteiger partial charge in [0.15, 0.2) is 16.7 Å². The predicted molar refractivity (Wildman–Crippen MR) is 131 cm³/mol. The summed E-state index contributed by atoms with van der Waals surface area (Å²) in [5, 5.41) is 11.3. The molecular weight excluding hydrogens is 504 g/mol. The van der Waals surface area contributed by atoms with Crippen molar-refractivity contribution in [3.63, 3.8) is 0 Å². The average Bonchev–Trinajstić information content (AvgIpc) is 3.49. The van der Waals surface area contributed by atoms with Crippen LogP contribution in [0.5, 0.6) is 0 Å². The van der Waals surface area contributed by atoms with Crippen molar-refractivity contribution in [1.82, 2.24) is 4.98 Å². The number of hydrogen-bond acceptors (Lipinski definition) is 6. The van der Waals surface area contributed by atoms with E-state index in [0.717, 1.165) is 21.1 Å².